The van der Waals surface area contributed by atoms with Gasteiger partial charge in [0, 0.05) is 49.8 Å². The third kappa shape index (κ3) is 6.71. The van der Waals surface area contributed by atoms with Crippen LogP contribution in [0.3, 0.4) is 0 Å². The zero-order valence-electron chi connectivity index (χ0n) is 24.9. The highest BCUT2D eigenvalue weighted by atomic mass is 35.5. The number of carbonyl (C=O) groups is 2. The quantitative estimate of drug-likeness (QED) is 0.376. The molecule has 1 aliphatic carbocycles. The van der Waals surface area contributed by atoms with E-state index in [9.17, 15) is 14.7 Å². The Labute approximate surface area is 250 Å². The van der Waals surface area contributed by atoms with E-state index in [1.165, 1.54) is 19.3 Å². The van der Waals surface area contributed by atoms with Crippen molar-refractivity contribution in [1.82, 2.24) is 20.0 Å². The minimum atomic E-state index is -0.592. The van der Waals surface area contributed by atoms with Crippen molar-refractivity contribution in [3.05, 3.63) is 35.4 Å². The summed E-state index contributed by atoms with van der Waals surface area (Å²) >= 11 is 6.68. The summed E-state index contributed by atoms with van der Waals surface area (Å²) in [7, 11) is 0. The average Bonchev–Trinajstić information content (AvgIpc) is 3.53. The third-order valence-electron chi connectivity index (χ3n) is 10.1. The Morgan fingerprint density at radius 3 is 2.20 bits per heavy atom. The third-order valence-corrected chi connectivity index (χ3v) is 10.7. The lowest BCUT2D eigenvalue weighted by Gasteiger charge is -2.48. The molecule has 0 spiro atoms. The van der Waals surface area contributed by atoms with E-state index in [1.807, 2.05) is 29.2 Å². The summed E-state index contributed by atoms with van der Waals surface area (Å²) in [6, 6.07) is 8.52. The van der Waals surface area contributed by atoms with Crippen LogP contribution in [-0.4, -0.2) is 93.7 Å². The smallest absolute Gasteiger partial charge is 0.320 e. The first-order valence-corrected chi connectivity index (χ1v) is 16.5. The number of amides is 3. The van der Waals surface area contributed by atoms with Gasteiger partial charge in [-0.15, -0.1) is 11.6 Å². The van der Waals surface area contributed by atoms with Crippen LogP contribution >= 0.6 is 11.6 Å². The Morgan fingerprint density at radius 2 is 1.63 bits per heavy atom. The van der Waals surface area contributed by atoms with Gasteiger partial charge in [-0.1, -0.05) is 43.5 Å². The normalized spacial score (nSPS) is 29.8. The molecule has 3 saturated heterocycles. The summed E-state index contributed by atoms with van der Waals surface area (Å²) in [4.78, 5) is 33.8. The predicted octanol–water partition coefficient (Wildman–Crippen LogP) is 4.18. The van der Waals surface area contributed by atoms with Gasteiger partial charge in [0.1, 0.15) is 0 Å². The van der Waals surface area contributed by atoms with Crippen molar-refractivity contribution in [1.29, 1.82) is 0 Å². The lowest BCUT2D eigenvalue weighted by atomic mass is 9.89. The Bertz CT molecular complexity index is 1020. The zero-order chi connectivity index (χ0) is 29.1. The largest absolute Gasteiger partial charge is 0.392 e. The van der Waals surface area contributed by atoms with Crippen molar-refractivity contribution in [2.75, 3.05) is 19.6 Å². The molecule has 3 aliphatic heterocycles. The molecule has 3 heterocycles. The van der Waals surface area contributed by atoms with Crippen molar-refractivity contribution in [3.8, 4) is 0 Å². The van der Waals surface area contributed by atoms with Crippen molar-refractivity contribution in [2.45, 2.75) is 132 Å². The predicted molar refractivity (Wildman–Crippen MR) is 163 cm³/mol. The Kier molecular flexibility index (Phi) is 10.2. The summed E-state index contributed by atoms with van der Waals surface area (Å²) in [5.41, 5.74) is 8.58. The molecule has 9 heteroatoms. The molecule has 2 bridgehead atoms. The number of hydrogen-bond donors (Lipinski definition) is 3. The van der Waals surface area contributed by atoms with E-state index < -0.39 is 6.04 Å². The number of halogens is 1. The van der Waals surface area contributed by atoms with Crippen molar-refractivity contribution >= 4 is 23.5 Å². The molecule has 0 aromatic heterocycles. The summed E-state index contributed by atoms with van der Waals surface area (Å²) < 4.78 is 0. The molecule has 228 valence electrons. The molecule has 4 N–H and O–H groups in total. The molecular weight excluding hydrogens is 538 g/mol. The van der Waals surface area contributed by atoms with Crippen LogP contribution in [0.4, 0.5) is 4.79 Å². The van der Waals surface area contributed by atoms with E-state index in [0.717, 1.165) is 62.7 Å². The minimum absolute atomic E-state index is 0.0404. The number of urea groups is 1. The number of fused-ring (bicyclic) bond motifs is 2. The molecule has 4 fully saturated rings. The standard InChI is InChI=1S/C32H50ClN5O3/c1-3-36(4-2)32(41)38(23-8-6-5-7-9-23)26-17-24-14-15-25(18-26)37(24)31(40)28(34)16-21-10-12-22(13-11-21)30(33)29-19-27(39)20-35-29/h10-13,23-30,35,39H,3-9,14-20,34H2,1-2H3/t24?,25?,26?,27-,28-,29-,30?/m1/s1. The molecule has 1 aromatic carbocycles. The topological polar surface area (TPSA) is 102 Å². The van der Waals surface area contributed by atoms with Crippen LogP contribution in [-0.2, 0) is 11.2 Å². The summed E-state index contributed by atoms with van der Waals surface area (Å²) in [6.45, 7) is 6.15. The Morgan fingerprint density at radius 1 is 1.00 bits per heavy atom. The van der Waals surface area contributed by atoms with Gasteiger partial charge < -0.3 is 30.9 Å². The van der Waals surface area contributed by atoms with Crippen LogP contribution in [0, 0.1) is 0 Å². The Hall–Kier alpha value is -1.87. The van der Waals surface area contributed by atoms with Gasteiger partial charge in [-0.25, -0.2) is 4.79 Å². The second-order valence-corrected chi connectivity index (χ2v) is 13.2. The van der Waals surface area contributed by atoms with Crippen LogP contribution in [0.5, 0.6) is 0 Å². The fourth-order valence-corrected chi connectivity index (χ4v) is 8.27. The fraction of sp³-hybridized carbons (Fsp3) is 0.750. The average molecular weight is 588 g/mol. The van der Waals surface area contributed by atoms with E-state index in [1.54, 1.807) is 0 Å². The number of rotatable bonds is 9. The molecule has 6 atom stereocenters. The van der Waals surface area contributed by atoms with E-state index >= 15 is 0 Å². The van der Waals surface area contributed by atoms with E-state index in [4.69, 9.17) is 17.3 Å². The van der Waals surface area contributed by atoms with Gasteiger partial charge >= 0.3 is 6.03 Å². The van der Waals surface area contributed by atoms with Crippen molar-refractivity contribution in [2.24, 2.45) is 5.73 Å². The van der Waals surface area contributed by atoms with Gasteiger partial charge in [-0.05, 0) is 76.3 Å². The summed E-state index contributed by atoms with van der Waals surface area (Å²) in [5, 5.41) is 12.9. The maximum Gasteiger partial charge on any atom is 0.320 e. The molecule has 5 rings (SSSR count). The fourth-order valence-electron chi connectivity index (χ4n) is 7.94. The van der Waals surface area contributed by atoms with Crippen LogP contribution < -0.4 is 11.1 Å². The van der Waals surface area contributed by atoms with Crippen LogP contribution in [0.2, 0.25) is 0 Å². The second kappa shape index (κ2) is 13.6. The number of aliphatic hydroxyl groups excluding tert-OH is 1. The number of hydrogen-bond acceptors (Lipinski definition) is 5. The van der Waals surface area contributed by atoms with Crippen molar-refractivity contribution in [3.63, 3.8) is 0 Å². The number of β-amino-alcohol motifs (C(OH)–C–C–N with tert-alkyl or cyclic N) is 1. The summed E-state index contributed by atoms with van der Waals surface area (Å²) in [5.74, 6) is 0.0404. The van der Waals surface area contributed by atoms with Gasteiger partial charge in [-0.2, -0.15) is 0 Å². The maximum atomic E-state index is 13.7. The molecule has 3 unspecified atom stereocenters. The number of benzene rings is 1. The van der Waals surface area contributed by atoms with E-state index in [2.05, 4.69) is 29.0 Å². The number of alkyl halides is 1. The first-order valence-electron chi connectivity index (χ1n) is 16.1. The molecule has 3 amide bonds. The lowest BCUT2D eigenvalue weighted by Crippen LogP contribution is -2.60. The van der Waals surface area contributed by atoms with Gasteiger partial charge in [0.25, 0.3) is 0 Å². The van der Waals surface area contributed by atoms with Gasteiger partial charge in [-0.3, -0.25) is 4.79 Å². The van der Waals surface area contributed by atoms with Gasteiger partial charge in [0.05, 0.1) is 17.5 Å². The second-order valence-electron chi connectivity index (χ2n) is 12.8. The molecule has 8 nitrogen and oxygen atoms in total. The molecule has 1 aromatic rings. The highest BCUT2D eigenvalue weighted by Crippen LogP contribution is 2.40. The molecule has 41 heavy (non-hydrogen) atoms. The zero-order valence-corrected chi connectivity index (χ0v) is 25.6. The highest BCUT2D eigenvalue weighted by Gasteiger charge is 2.48. The molecular formula is C32H50ClN5O3. The van der Waals surface area contributed by atoms with Crippen LogP contribution in [0.25, 0.3) is 0 Å². The SMILES string of the molecule is CCN(CC)C(=O)N(C1CCCCC1)C1CC2CCC(C1)N2C(=O)[C@H](N)Cc1ccc(C(Cl)[C@H]2C[C@@H](O)CN2)cc1. The maximum absolute atomic E-state index is 13.7. The highest BCUT2D eigenvalue weighted by molar-refractivity contribution is 6.21. The van der Waals surface area contributed by atoms with Crippen LogP contribution in [0.1, 0.15) is 94.6 Å². The number of nitrogens with zero attached hydrogens (tertiary/aromatic N) is 3. The van der Waals surface area contributed by atoms with Crippen LogP contribution in [0.15, 0.2) is 24.3 Å². The number of nitrogens with two attached hydrogens (primary N) is 1. The number of nitrogens with one attached hydrogen (secondary N) is 1. The van der Waals surface area contributed by atoms with E-state index in [-0.39, 0.29) is 47.6 Å². The van der Waals surface area contributed by atoms with Crippen molar-refractivity contribution < 1.29 is 14.7 Å². The monoisotopic (exact) mass is 587 g/mol. The first kappa shape index (κ1) is 30.6. The molecule has 4 aliphatic rings. The number of carbonyl (C=O) groups excluding carboxylic acids is 2. The lowest BCUT2D eigenvalue weighted by molar-refractivity contribution is -0.138. The number of aliphatic hydroxyl groups is 1. The minimum Gasteiger partial charge on any atom is -0.392 e. The van der Waals surface area contributed by atoms with Gasteiger partial charge in [0.15, 0.2) is 0 Å². The summed E-state index contributed by atoms with van der Waals surface area (Å²) in [6.07, 6.45) is 10.3. The first-order chi connectivity index (χ1) is 19.8. The molecule has 0 radical (unpaired) electrons. The molecule has 1 saturated carbocycles. The van der Waals surface area contributed by atoms with Gasteiger partial charge in [0.2, 0.25) is 5.91 Å². The Balaban J connectivity index is 1.22. The number of piperidine rings is 1. The van der Waals surface area contributed by atoms with E-state index in [0.29, 0.717) is 25.4 Å².